The number of ether oxygens (including phenoxy) is 2. The summed E-state index contributed by atoms with van der Waals surface area (Å²) in [7, 11) is 0. The zero-order valence-electron chi connectivity index (χ0n) is 7.70. The van der Waals surface area contributed by atoms with Gasteiger partial charge in [0, 0.05) is 5.88 Å². The fourth-order valence-electron chi connectivity index (χ4n) is 1.08. The van der Waals surface area contributed by atoms with E-state index in [2.05, 4.69) is 0 Å². The van der Waals surface area contributed by atoms with Crippen molar-refractivity contribution in [1.82, 2.24) is 4.90 Å². The number of hydrogen-bond donors (Lipinski definition) is 0. The average molecular weight is 222 g/mol. The van der Waals surface area contributed by atoms with E-state index >= 15 is 0 Å². The van der Waals surface area contributed by atoms with Gasteiger partial charge in [0.15, 0.2) is 0 Å². The van der Waals surface area contributed by atoms with Gasteiger partial charge in [-0.2, -0.15) is 0 Å². The fraction of sp³-hybridized carbons (Fsp3) is 0.750. The van der Waals surface area contributed by atoms with E-state index < -0.39 is 0 Å². The lowest BCUT2D eigenvalue weighted by atomic mass is 10.4. The molecule has 80 valence electrons. The number of rotatable bonds is 5. The van der Waals surface area contributed by atoms with Gasteiger partial charge in [-0.1, -0.05) is 0 Å². The highest BCUT2D eigenvalue weighted by Crippen LogP contribution is 2.00. The van der Waals surface area contributed by atoms with E-state index in [0.717, 1.165) is 4.90 Å². The van der Waals surface area contributed by atoms with Crippen molar-refractivity contribution in [2.24, 2.45) is 0 Å². The molecule has 0 spiro atoms. The van der Waals surface area contributed by atoms with Gasteiger partial charge in [0.1, 0.15) is 13.2 Å². The van der Waals surface area contributed by atoms with Crippen molar-refractivity contribution in [3.8, 4) is 0 Å². The lowest BCUT2D eigenvalue weighted by molar-refractivity contribution is -0.159. The van der Waals surface area contributed by atoms with Crippen LogP contribution in [0.1, 0.15) is 0 Å². The summed E-state index contributed by atoms with van der Waals surface area (Å²) in [5, 5.41) is 0. The van der Waals surface area contributed by atoms with Crippen LogP contribution in [-0.2, 0) is 19.1 Å². The van der Waals surface area contributed by atoms with Gasteiger partial charge < -0.3 is 9.47 Å². The minimum Gasteiger partial charge on any atom is -0.378 e. The number of imide groups is 1. The lowest BCUT2D eigenvalue weighted by Gasteiger charge is -2.24. The van der Waals surface area contributed by atoms with Crippen LogP contribution in [0.25, 0.3) is 0 Å². The normalized spacial score (nSPS) is 17.6. The summed E-state index contributed by atoms with van der Waals surface area (Å²) in [6, 6.07) is 0. The molecule has 1 aliphatic heterocycles. The Balaban J connectivity index is 2.26. The Bertz CT molecular complexity index is 205. The number of carbonyl (C=O) groups is 2. The maximum Gasteiger partial charge on any atom is 0.255 e. The Morgan fingerprint density at radius 1 is 1.29 bits per heavy atom. The van der Waals surface area contributed by atoms with E-state index in [1.165, 1.54) is 0 Å². The molecule has 14 heavy (non-hydrogen) atoms. The Kier molecular flexibility index (Phi) is 4.86. The van der Waals surface area contributed by atoms with Crippen molar-refractivity contribution in [3.63, 3.8) is 0 Å². The van der Waals surface area contributed by atoms with Gasteiger partial charge in [-0.05, 0) is 0 Å². The van der Waals surface area contributed by atoms with Crippen LogP contribution in [0.2, 0.25) is 0 Å². The number of halogens is 1. The van der Waals surface area contributed by atoms with Crippen LogP contribution >= 0.6 is 11.6 Å². The fourth-order valence-corrected chi connectivity index (χ4v) is 1.19. The minimum absolute atomic E-state index is 0.0265. The number of amides is 2. The first kappa shape index (κ1) is 11.4. The van der Waals surface area contributed by atoms with E-state index in [4.69, 9.17) is 21.1 Å². The topological polar surface area (TPSA) is 55.8 Å². The van der Waals surface area contributed by atoms with Crippen molar-refractivity contribution >= 4 is 23.4 Å². The maximum absolute atomic E-state index is 11.2. The molecule has 0 bridgehead atoms. The molecule has 1 fully saturated rings. The summed E-state index contributed by atoms with van der Waals surface area (Å²) in [6.45, 7) is 0.971. The molecule has 1 saturated heterocycles. The average Bonchev–Trinajstić information content (AvgIpc) is 2.16. The second-order valence-electron chi connectivity index (χ2n) is 2.73. The van der Waals surface area contributed by atoms with Crippen LogP contribution < -0.4 is 0 Å². The zero-order chi connectivity index (χ0) is 10.4. The molecule has 0 N–H and O–H groups in total. The van der Waals surface area contributed by atoms with E-state index in [1.54, 1.807) is 0 Å². The second-order valence-corrected chi connectivity index (χ2v) is 3.11. The summed E-state index contributed by atoms with van der Waals surface area (Å²) in [5.74, 6) is -0.211. The van der Waals surface area contributed by atoms with Gasteiger partial charge >= 0.3 is 0 Å². The molecule has 0 saturated carbocycles. The number of morpholine rings is 1. The van der Waals surface area contributed by atoms with Crippen molar-refractivity contribution in [3.05, 3.63) is 0 Å². The van der Waals surface area contributed by atoms with Crippen LogP contribution in [0.15, 0.2) is 0 Å². The first-order chi connectivity index (χ1) is 6.75. The molecule has 5 nitrogen and oxygen atoms in total. The molecule has 6 heteroatoms. The quantitative estimate of drug-likeness (QED) is 0.361. The molecule has 0 aromatic carbocycles. The molecular weight excluding hydrogens is 210 g/mol. The standard InChI is InChI=1S/C8H12ClNO4/c9-1-3-13-4-2-10-7(11)5-14-6-8(10)12/h1-6H2. The summed E-state index contributed by atoms with van der Waals surface area (Å²) < 4.78 is 9.81. The van der Waals surface area contributed by atoms with Gasteiger partial charge in [-0.3, -0.25) is 14.5 Å². The van der Waals surface area contributed by atoms with E-state index in [-0.39, 0.29) is 31.6 Å². The molecule has 1 rings (SSSR count). The predicted molar refractivity (Wildman–Crippen MR) is 49.1 cm³/mol. The number of carbonyl (C=O) groups excluding carboxylic acids is 2. The van der Waals surface area contributed by atoms with Crippen LogP contribution in [0.5, 0.6) is 0 Å². The highest BCUT2D eigenvalue weighted by atomic mass is 35.5. The highest BCUT2D eigenvalue weighted by Gasteiger charge is 2.25. The monoisotopic (exact) mass is 221 g/mol. The van der Waals surface area contributed by atoms with Crippen LogP contribution in [0.4, 0.5) is 0 Å². The summed E-state index contributed by atoms with van der Waals surface area (Å²) in [6.07, 6.45) is 0. The number of nitrogens with zero attached hydrogens (tertiary/aromatic N) is 1. The third kappa shape index (κ3) is 3.25. The third-order valence-corrected chi connectivity index (χ3v) is 1.89. The molecule has 0 aliphatic carbocycles. The first-order valence-corrected chi connectivity index (χ1v) is 4.84. The predicted octanol–water partition coefficient (Wildman–Crippen LogP) is -0.373. The van der Waals surface area contributed by atoms with E-state index in [0.29, 0.717) is 19.1 Å². The van der Waals surface area contributed by atoms with Crippen molar-refractivity contribution in [2.45, 2.75) is 0 Å². The second kappa shape index (κ2) is 5.95. The Morgan fingerprint density at radius 3 is 2.50 bits per heavy atom. The smallest absolute Gasteiger partial charge is 0.255 e. The third-order valence-electron chi connectivity index (χ3n) is 1.73. The first-order valence-electron chi connectivity index (χ1n) is 4.30. The molecule has 1 aliphatic rings. The van der Waals surface area contributed by atoms with E-state index in [9.17, 15) is 9.59 Å². The van der Waals surface area contributed by atoms with Gasteiger partial charge in [0.2, 0.25) is 0 Å². The molecule has 2 amide bonds. The van der Waals surface area contributed by atoms with Crippen molar-refractivity contribution < 1.29 is 19.1 Å². The lowest BCUT2D eigenvalue weighted by Crippen LogP contribution is -2.47. The highest BCUT2D eigenvalue weighted by molar-refractivity contribution is 6.17. The van der Waals surface area contributed by atoms with Gasteiger partial charge in [-0.15, -0.1) is 11.6 Å². The largest absolute Gasteiger partial charge is 0.378 e. The molecule has 0 unspecified atom stereocenters. The molecule has 1 heterocycles. The SMILES string of the molecule is O=C1COCC(=O)N1CCOCCCl. The van der Waals surface area contributed by atoms with Crippen molar-refractivity contribution in [1.29, 1.82) is 0 Å². The Hall–Kier alpha value is -0.650. The molecule has 0 radical (unpaired) electrons. The zero-order valence-corrected chi connectivity index (χ0v) is 8.46. The molecule has 0 aromatic rings. The van der Waals surface area contributed by atoms with Crippen LogP contribution in [0.3, 0.4) is 0 Å². The van der Waals surface area contributed by atoms with Crippen LogP contribution in [-0.4, -0.2) is 55.6 Å². The molecule has 0 aromatic heterocycles. The molecule has 0 atom stereocenters. The van der Waals surface area contributed by atoms with Gasteiger partial charge in [0.25, 0.3) is 11.8 Å². The Labute approximate surface area is 86.9 Å². The minimum atomic E-state index is -0.310. The number of hydrogen-bond acceptors (Lipinski definition) is 4. The van der Waals surface area contributed by atoms with Crippen molar-refractivity contribution in [2.75, 3.05) is 38.9 Å². The summed E-state index contributed by atoms with van der Waals surface area (Å²) >= 11 is 5.39. The van der Waals surface area contributed by atoms with Gasteiger partial charge in [0.05, 0.1) is 19.8 Å². The van der Waals surface area contributed by atoms with Crippen LogP contribution in [0, 0.1) is 0 Å². The Morgan fingerprint density at radius 2 is 1.93 bits per heavy atom. The van der Waals surface area contributed by atoms with E-state index in [1.807, 2.05) is 0 Å². The van der Waals surface area contributed by atoms with Gasteiger partial charge in [-0.25, -0.2) is 0 Å². The molecular formula is C8H12ClNO4. The summed E-state index contributed by atoms with van der Waals surface area (Å²) in [4.78, 5) is 23.5. The summed E-state index contributed by atoms with van der Waals surface area (Å²) in [5.41, 5.74) is 0. The number of alkyl halides is 1. The maximum atomic E-state index is 11.2.